The van der Waals surface area contributed by atoms with Crippen LogP contribution in [0.25, 0.3) is 0 Å². The highest BCUT2D eigenvalue weighted by atomic mass is 16.4. The SMILES string of the molecule is CCC[C@@H](NC(=O)NCCN(C)C(C)CC)C(=O)O. The molecule has 0 spiro atoms. The molecule has 0 rings (SSSR count). The van der Waals surface area contributed by atoms with E-state index in [-0.39, 0.29) is 0 Å². The van der Waals surface area contributed by atoms with E-state index in [1.165, 1.54) is 0 Å². The van der Waals surface area contributed by atoms with Crippen LogP contribution in [-0.4, -0.2) is 54.2 Å². The van der Waals surface area contributed by atoms with E-state index in [9.17, 15) is 9.59 Å². The summed E-state index contributed by atoms with van der Waals surface area (Å²) in [6, 6.07) is -0.757. The maximum absolute atomic E-state index is 11.5. The van der Waals surface area contributed by atoms with Gasteiger partial charge >= 0.3 is 12.0 Å². The summed E-state index contributed by atoms with van der Waals surface area (Å²) in [4.78, 5) is 24.6. The molecule has 3 N–H and O–H groups in total. The lowest BCUT2D eigenvalue weighted by Gasteiger charge is -2.23. The Bertz CT molecular complexity index is 284. The summed E-state index contributed by atoms with van der Waals surface area (Å²) in [6.45, 7) is 7.38. The van der Waals surface area contributed by atoms with Crippen molar-refractivity contribution in [3.05, 3.63) is 0 Å². The average molecular weight is 273 g/mol. The van der Waals surface area contributed by atoms with Crippen LogP contribution in [0.3, 0.4) is 0 Å². The van der Waals surface area contributed by atoms with Crippen LogP contribution in [-0.2, 0) is 4.79 Å². The molecule has 6 heteroatoms. The molecule has 6 nitrogen and oxygen atoms in total. The number of carbonyl (C=O) groups is 2. The minimum Gasteiger partial charge on any atom is -0.480 e. The highest BCUT2D eigenvalue weighted by Gasteiger charge is 2.18. The second-order valence-electron chi connectivity index (χ2n) is 4.82. The molecule has 19 heavy (non-hydrogen) atoms. The molecule has 0 aromatic heterocycles. The predicted octanol–water partition coefficient (Wildman–Crippen LogP) is 1.27. The monoisotopic (exact) mass is 273 g/mol. The van der Waals surface area contributed by atoms with Gasteiger partial charge in [-0.15, -0.1) is 0 Å². The van der Waals surface area contributed by atoms with Gasteiger partial charge in [-0.3, -0.25) is 0 Å². The molecule has 0 fully saturated rings. The highest BCUT2D eigenvalue weighted by Crippen LogP contribution is 1.98. The minimum atomic E-state index is -0.992. The van der Waals surface area contributed by atoms with Crippen molar-refractivity contribution >= 4 is 12.0 Å². The Morgan fingerprint density at radius 1 is 1.32 bits per heavy atom. The summed E-state index contributed by atoms with van der Waals surface area (Å²) in [6.07, 6.45) is 2.21. The first-order chi connectivity index (χ1) is 8.92. The zero-order valence-corrected chi connectivity index (χ0v) is 12.4. The predicted molar refractivity (Wildman–Crippen MR) is 75.2 cm³/mol. The van der Waals surface area contributed by atoms with Crippen molar-refractivity contribution in [1.29, 1.82) is 0 Å². The van der Waals surface area contributed by atoms with Crippen LogP contribution >= 0.6 is 0 Å². The van der Waals surface area contributed by atoms with E-state index in [0.29, 0.717) is 25.4 Å². The van der Waals surface area contributed by atoms with Crippen LogP contribution in [0.5, 0.6) is 0 Å². The molecule has 0 radical (unpaired) electrons. The molecule has 0 aromatic rings. The largest absolute Gasteiger partial charge is 0.480 e. The first kappa shape index (κ1) is 17.7. The van der Waals surface area contributed by atoms with Crippen molar-refractivity contribution < 1.29 is 14.7 Å². The van der Waals surface area contributed by atoms with Crippen molar-refractivity contribution in [2.24, 2.45) is 0 Å². The molecule has 2 atom stereocenters. The lowest BCUT2D eigenvalue weighted by molar-refractivity contribution is -0.139. The molecule has 2 amide bonds. The Balaban J connectivity index is 3.94. The van der Waals surface area contributed by atoms with Crippen LogP contribution in [0.2, 0.25) is 0 Å². The second kappa shape index (κ2) is 9.61. The van der Waals surface area contributed by atoms with Gasteiger partial charge < -0.3 is 20.6 Å². The van der Waals surface area contributed by atoms with Gasteiger partial charge in [0, 0.05) is 19.1 Å². The molecule has 0 aromatic carbocycles. The van der Waals surface area contributed by atoms with Gasteiger partial charge in [0.1, 0.15) is 6.04 Å². The molecular formula is C13H27N3O3. The number of carboxylic acids is 1. The second-order valence-corrected chi connectivity index (χ2v) is 4.82. The third kappa shape index (κ3) is 7.66. The van der Waals surface area contributed by atoms with Gasteiger partial charge in [-0.2, -0.15) is 0 Å². The third-order valence-electron chi connectivity index (χ3n) is 3.27. The summed E-state index contributed by atoms with van der Waals surface area (Å²) in [5.41, 5.74) is 0. The Kier molecular flexibility index (Phi) is 8.95. The Hall–Kier alpha value is -1.30. The summed E-state index contributed by atoms with van der Waals surface area (Å²) in [7, 11) is 2.00. The fourth-order valence-corrected chi connectivity index (χ4v) is 1.63. The molecule has 0 heterocycles. The van der Waals surface area contributed by atoms with Gasteiger partial charge in [0.2, 0.25) is 0 Å². The van der Waals surface area contributed by atoms with E-state index in [2.05, 4.69) is 29.4 Å². The van der Waals surface area contributed by atoms with Crippen LogP contribution < -0.4 is 10.6 Å². The van der Waals surface area contributed by atoms with Gasteiger partial charge in [0.05, 0.1) is 0 Å². The van der Waals surface area contributed by atoms with Gasteiger partial charge in [-0.1, -0.05) is 20.3 Å². The van der Waals surface area contributed by atoms with Crippen molar-refractivity contribution in [1.82, 2.24) is 15.5 Å². The number of carboxylic acid groups (broad SMARTS) is 1. The number of amides is 2. The van der Waals surface area contributed by atoms with E-state index in [1.807, 2.05) is 14.0 Å². The van der Waals surface area contributed by atoms with Crippen LogP contribution in [0.4, 0.5) is 4.79 Å². The molecule has 0 aliphatic heterocycles. The van der Waals surface area contributed by atoms with Gasteiger partial charge in [0.25, 0.3) is 0 Å². The molecule has 0 aliphatic rings. The Labute approximate surface area is 115 Å². The number of hydrogen-bond donors (Lipinski definition) is 3. The molecule has 112 valence electrons. The molecule has 1 unspecified atom stereocenters. The zero-order chi connectivity index (χ0) is 14.8. The van der Waals surface area contributed by atoms with Crippen molar-refractivity contribution in [2.75, 3.05) is 20.1 Å². The number of nitrogens with one attached hydrogen (secondary N) is 2. The lowest BCUT2D eigenvalue weighted by atomic mass is 10.2. The van der Waals surface area contributed by atoms with Crippen molar-refractivity contribution in [3.63, 3.8) is 0 Å². The topological polar surface area (TPSA) is 81.7 Å². The van der Waals surface area contributed by atoms with Crippen LogP contribution in [0.1, 0.15) is 40.0 Å². The summed E-state index contributed by atoms with van der Waals surface area (Å²) >= 11 is 0. The number of rotatable bonds is 9. The first-order valence-corrected chi connectivity index (χ1v) is 6.89. The maximum atomic E-state index is 11.5. The van der Waals surface area contributed by atoms with Gasteiger partial charge in [-0.25, -0.2) is 9.59 Å². The summed E-state index contributed by atoms with van der Waals surface area (Å²) in [5, 5.41) is 14.1. The van der Waals surface area contributed by atoms with Crippen molar-refractivity contribution in [3.8, 4) is 0 Å². The Morgan fingerprint density at radius 3 is 2.42 bits per heavy atom. The van der Waals surface area contributed by atoms with E-state index in [1.54, 1.807) is 0 Å². The lowest BCUT2D eigenvalue weighted by Crippen LogP contribution is -2.47. The fraction of sp³-hybridized carbons (Fsp3) is 0.846. The van der Waals surface area contributed by atoms with E-state index in [4.69, 9.17) is 5.11 Å². The normalized spacial score (nSPS) is 13.9. The van der Waals surface area contributed by atoms with E-state index in [0.717, 1.165) is 13.0 Å². The van der Waals surface area contributed by atoms with Gasteiger partial charge in [0.15, 0.2) is 0 Å². The molecule has 0 aliphatic carbocycles. The van der Waals surface area contributed by atoms with Gasteiger partial charge in [-0.05, 0) is 26.8 Å². The zero-order valence-electron chi connectivity index (χ0n) is 12.4. The van der Waals surface area contributed by atoms with E-state index < -0.39 is 18.0 Å². The summed E-state index contributed by atoms with van der Waals surface area (Å²) in [5.74, 6) is -0.992. The Morgan fingerprint density at radius 2 is 1.95 bits per heavy atom. The molecule has 0 saturated heterocycles. The quantitative estimate of drug-likeness (QED) is 0.591. The maximum Gasteiger partial charge on any atom is 0.326 e. The number of nitrogens with zero attached hydrogens (tertiary/aromatic N) is 1. The standard InChI is InChI=1S/C13H27N3O3/c1-5-7-11(12(17)18)15-13(19)14-8-9-16(4)10(3)6-2/h10-11H,5-9H2,1-4H3,(H,17,18)(H2,14,15,19)/t10?,11-/m1/s1. The van der Waals surface area contributed by atoms with E-state index >= 15 is 0 Å². The smallest absolute Gasteiger partial charge is 0.326 e. The number of likely N-dealkylation sites (N-methyl/N-ethyl adjacent to an activating group) is 1. The number of urea groups is 1. The van der Waals surface area contributed by atoms with Crippen LogP contribution in [0.15, 0.2) is 0 Å². The third-order valence-corrected chi connectivity index (χ3v) is 3.27. The number of aliphatic carboxylic acids is 1. The average Bonchev–Trinajstić information content (AvgIpc) is 2.36. The molecule has 0 saturated carbocycles. The molecule has 0 bridgehead atoms. The fourth-order valence-electron chi connectivity index (χ4n) is 1.63. The summed E-state index contributed by atoms with van der Waals surface area (Å²) < 4.78 is 0. The minimum absolute atomic E-state index is 0.418. The van der Waals surface area contributed by atoms with Crippen molar-refractivity contribution in [2.45, 2.75) is 52.1 Å². The molecular weight excluding hydrogens is 246 g/mol. The van der Waals surface area contributed by atoms with Crippen LogP contribution in [0, 0.1) is 0 Å². The number of carbonyl (C=O) groups excluding carboxylic acids is 1. The highest BCUT2D eigenvalue weighted by molar-refractivity contribution is 5.82. The number of hydrogen-bond acceptors (Lipinski definition) is 3. The first-order valence-electron chi connectivity index (χ1n) is 6.89.